The number of carbonyl (C=O) groups is 1. The van der Waals surface area contributed by atoms with Crippen molar-refractivity contribution in [3.63, 3.8) is 0 Å². The van der Waals surface area contributed by atoms with Gasteiger partial charge in [-0.2, -0.15) is 0 Å². The van der Waals surface area contributed by atoms with Crippen LogP contribution < -0.4 is 4.18 Å². The van der Waals surface area contributed by atoms with E-state index in [1.54, 1.807) is 19.1 Å². The number of hydrogen-bond donors (Lipinski definition) is 1. The lowest BCUT2D eigenvalue weighted by atomic mass is 10.2. The Morgan fingerprint density at radius 3 is 2.44 bits per heavy atom. The Labute approximate surface area is 106 Å². The van der Waals surface area contributed by atoms with Crippen LogP contribution in [0.25, 0.3) is 0 Å². The second kappa shape index (κ2) is 8.30. The smallest absolute Gasteiger partial charge is 0.302 e. The predicted molar refractivity (Wildman–Crippen MR) is 68.1 cm³/mol. The van der Waals surface area contributed by atoms with Crippen molar-refractivity contribution in [3.8, 4) is 5.75 Å². The standard InChI is InChI=1S/C7H7ClOS.C4H8O2/c1-5-4-6(8)2-3-7(5)9-10;1-3-6-4(2)5/h2-4,10H,1H3;3H2,1-2H3. The molecule has 0 fully saturated rings. The molecule has 0 aromatic heterocycles. The van der Waals surface area contributed by atoms with Crippen molar-refractivity contribution >= 4 is 30.5 Å². The summed E-state index contributed by atoms with van der Waals surface area (Å²) >= 11 is 9.36. The van der Waals surface area contributed by atoms with Crippen LogP contribution in [0.4, 0.5) is 0 Å². The minimum atomic E-state index is -0.211. The van der Waals surface area contributed by atoms with Crippen LogP contribution in [0.3, 0.4) is 0 Å². The van der Waals surface area contributed by atoms with Crippen molar-refractivity contribution in [2.24, 2.45) is 0 Å². The van der Waals surface area contributed by atoms with Crippen molar-refractivity contribution < 1.29 is 13.7 Å². The summed E-state index contributed by atoms with van der Waals surface area (Å²) in [6.45, 7) is 5.57. The molecular weight excluding hydrogens is 248 g/mol. The van der Waals surface area contributed by atoms with Crippen molar-refractivity contribution in [2.75, 3.05) is 6.61 Å². The highest BCUT2D eigenvalue weighted by Gasteiger charge is 1.96. The van der Waals surface area contributed by atoms with E-state index in [4.69, 9.17) is 15.8 Å². The Balaban J connectivity index is 0.000000325. The number of halogens is 1. The third-order valence-corrected chi connectivity index (χ3v) is 2.01. The first-order valence-corrected chi connectivity index (χ1v) is 5.46. The number of rotatable bonds is 2. The molecule has 1 aromatic carbocycles. The summed E-state index contributed by atoms with van der Waals surface area (Å²) in [5, 5.41) is 0.714. The van der Waals surface area contributed by atoms with Crippen molar-refractivity contribution in [2.45, 2.75) is 20.8 Å². The topological polar surface area (TPSA) is 35.5 Å². The van der Waals surface area contributed by atoms with Crippen LogP contribution in [0, 0.1) is 6.92 Å². The third kappa shape index (κ3) is 6.58. The fourth-order valence-electron chi connectivity index (χ4n) is 0.919. The molecule has 0 amide bonds. The monoisotopic (exact) mass is 262 g/mol. The third-order valence-electron chi connectivity index (χ3n) is 1.58. The van der Waals surface area contributed by atoms with E-state index >= 15 is 0 Å². The largest absolute Gasteiger partial charge is 0.466 e. The second-order valence-electron chi connectivity index (χ2n) is 2.93. The SMILES string of the molecule is CCOC(C)=O.Cc1cc(Cl)ccc1OS. The van der Waals surface area contributed by atoms with E-state index in [2.05, 4.69) is 17.6 Å². The van der Waals surface area contributed by atoms with E-state index in [0.717, 1.165) is 11.3 Å². The van der Waals surface area contributed by atoms with E-state index in [9.17, 15) is 4.79 Å². The van der Waals surface area contributed by atoms with Gasteiger partial charge in [0.05, 0.1) is 6.61 Å². The fourth-order valence-corrected chi connectivity index (χ4v) is 1.35. The van der Waals surface area contributed by atoms with Crippen molar-refractivity contribution in [1.29, 1.82) is 0 Å². The molecule has 0 aliphatic rings. The van der Waals surface area contributed by atoms with Gasteiger partial charge < -0.3 is 8.92 Å². The van der Waals surface area contributed by atoms with Crippen LogP contribution in [0.1, 0.15) is 19.4 Å². The number of esters is 1. The number of hydrogen-bond acceptors (Lipinski definition) is 4. The maximum atomic E-state index is 9.82. The minimum absolute atomic E-state index is 0.211. The second-order valence-corrected chi connectivity index (χ2v) is 3.54. The predicted octanol–water partition coefficient (Wildman–Crippen LogP) is 3.44. The van der Waals surface area contributed by atoms with Crippen LogP contribution in [-0.2, 0) is 9.53 Å². The lowest BCUT2D eigenvalue weighted by Gasteiger charge is -2.00. The first-order valence-electron chi connectivity index (χ1n) is 4.72. The highest BCUT2D eigenvalue weighted by molar-refractivity contribution is 7.75. The van der Waals surface area contributed by atoms with Crippen LogP contribution in [-0.4, -0.2) is 12.6 Å². The van der Waals surface area contributed by atoms with E-state index in [-0.39, 0.29) is 5.97 Å². The molecule has 5 heteroatoms. The Bertz CT molecular complexity index is 342. The molecule has 0 saturated heterocycles. The zero-order valence-corrected chi connectivity index (χ0v) is 11.1. The van der Waals surface area contributed by atoms with Crippen LogP contribution in [0.15, 0.2) is 18.2 Å². The van der Waals surface area contributed by atoms with Gasteiger partial charge >= 0.3 is 5.97 Å². The Morgan fingerprint density at radius 1 is 1.50 bits per heavy atom. The van der Waals surface area contributed by atoms with Gasteiger partial charge in [-0.1, -0.05) is 11.6 Å². The molecule has 90 valence electrons. The van der Waals surface area contributed by atoms with Crippen LogP contribution in [0.2, 0.25) is 5.02 Å². The van der Waals surface area contributed by atoms with Gasteiger partial charge in [-0.15, -0.1) is 0 Å². The van der Waals surface area contributed by atoms with Gasteiger partial charge in [0, 0.05) is 24.9 Å². The Morgan fingerprint density at radius 2 is 2.12 bits per heavy atom. The van der Waals surface area contributed by atoms with Gasteiger partial charge in [-0.3, -0.25) is 4.79 Å². The Kier molecular flexibility index (Phi) is 7.85. The number of benzene rings is 1. The van der Waals surface area contributed by atoms with E-state index in [1.807, 2.05) is 13.0 Å². The molecule has 0 radical (unpaired) electrons. The molecule has 1 aromatic rings. The average Bonchev–Trinajstić information content (AvgIpc) is 2.18. The summed E-state index contributed by atoms with van der Waals surface area (Å²) in [4.78, 5) is 9.82. The van der Waals surface area contributed by atoms with Gasteiger partial charge in [0.2, 0.25) is 0 Å². The summed E-state index contributed by atoms with van der Waals surface area (Å²) in [5.41, 5.74) is 0.988. The molecule has 0 bridgehead atoms. The molecule has 3 nitrogen and oxygen atoms in total. The van der Waals surface area contributed by atoms with Gasteiger partial charge in [0.15, 0.2) is 0 Å². The number of aryl methyl sites for hydroxylation is 1. The summed E-state index contributed by atoms with van der Waals surface area (Å²) in [5.74, 6) is 0.533. The van der Waals surface area contributed by atoms with Gasteiger partial charge in [0.25, 0.3) is 0 Å². The minimum Gasteiger partial charge on any atom is -0.466 e. The maximum Gasteiger partial charge on any atom is 0.302 e. The van der Waals surface area contributed by atoms with Crippen LogP contribution >= 0.6 is 24.5 Å². The first kappa shape index (κ1) is 15.1. The zero-order valence-electron chi connectivity index (χ0n) is 9.49. The number of ether oxygens (including phenoxy) is 1. The molecule has 0 aliphatic heterocycles. The summed E-state index contributed by atoms with van der Waals surface area (Å²) in [6.07, 6.45) is 0. The van der Waals surface area contributed by atoms with E-state index in [0.29, 0.717) is 11.6 Å². The van der Waals surface area contributed by atoms with Crippen molar-refractivity contribution in [1.82, 2.24) is 0 Å². The molecule has 0 unspecified atom stereocenters. The maximum absolute atomic E-state index is 9.82. The highest BCUT2D eigenvalue weighted by Crippen LogP contribution is 2.22. The molecule has 0 spiro atoms. The number of thiol groups is 1. The molecular formula is C11H15ClO3S. The molecule has 0 N–H and O–H groups in total. The fraction of sp³-hybridized carbons (Fsp3) is 0.364. The Hall–Kier alpha value is -0.870. The summed E-state index contributed by atoms with van der Waals surface area (Å²) in [7, 11) is 0. The molecule has 0 saturated carbocycles. The quantitative estimate of drug-likeness (QED) is 0.504. The van der Waals surface area contributed by atoms with E-state index in [1.165, 1.54) is 6.92 Å². The van der Waals surface area contributed by atoms with Gasteiger partial charge in [-0.05, 0) is 37.6 Å². The first-order chi connectivity index (χ1) is 7.51. The number of carbonyl (C=O) groups excluding carboxylic acids is 1. The van der Waals surface area contributed by atoms with Crippen molar-refractivity contribution in [3.05, 3.63) is 28.8 Å². The molecule has 0 atom stereocenters. The molecule has 1 rings (SSSR count). The normalized spacial score (nSPS) is 8.81. The lowest BCUT2D eigenvalue weighted by molar-refractivity contribution is -0.140. The average molecular weight is 263 g/mol. The zero-order chi connectivity index (χ0) is 12.6. The van der Waals surface area contributed by atoms with Gasteiger partial charge in [-0.25, -0.2) is 0 Å². The molecule has 0 heterocycles. The summed E-state index contributed by atoms with van der Waals surface area (Å²) < 4.78 is 9.14. The lowest BCUT2D eigenvalue weighted by Crippen LogP contribution is -1.95. The molecule has 16 heavy (non-hydrogen) atoms. The van der Waals surface area contributed by atoms with Crippen LogP contribution in [0.5, 0.6) is 5.75 Å². The van der Waals surface area contributed by atoms with Gasteiger partial charge in [0.1, 0.15) is 5.75 Å². The molecule has 0 aliphatic carbocycles. The van der Waals surface area contributed by atoms with E-state index < -0.39 is 0 Å². The highest BCUT2D eigenvalue weighted by atomic mass is 35.5. The summed E-state index contributed by atoms with van der Waals surface area (Å²) in [6, 6.07) is 5.37.